The number of amides is 1. The fourth-order valence-electron chi connectivity index (χ4n) is 2.05. The van der Waals surface area contributed by atoms with Gasteiger partial charge in [0.05, 0.1) is 17.6 Å². The van der Waals surface area contributed by atoms with Gasteiger partial charge in [0.1, 0.15) is 11.5 Å². The average molecular weight is 386 g/mol. The maximum atomic E-state index is 12.9. The van der Waals surface area contributed by atoms with Crippen LogP contribution in [0.2, 0.25) is 0 Å². The third-order valence-corrected chi connectivity index (χ3v) is 3.94. The number of carbonyl (C=O) groups is 1. The van der Waals surface area contributed by atoms with Crippen LogP contribution in [0.5, 0.6) is 0 Å². The number of hydrogen-bond acceptors (Lipinski definition) is 3. The molecule has 0 aliphatic carbocycles. The smallest absolute Gasteiger partial charge is 0.274 e. The molecular formula is C18H13BrFN3O. The summed E-state index contributed by atoms with van der Waals surface area (Å²) in [6, 6.07) is 16.7. The number of carbonyl (C=O) groups excluding carboxylic acids is 1. The first-order valence-electron chi connectivity index (χ1n) is 7.16. The minimum absolute atomic E-state index is 0.275. The zero-order chi connectivity index (χ0) is 16.9. The van der Waals surface area contributed by atoms with E-state index >= 15 is 0 Å². The zero-order valence-electron chi connectivity index (χ0n) is 12.5. The number of benzene rings is 2. The van der Waals surface area contributed by atoms with E-state index in [2.05, 4.69) is 31.5 Å². The maximum Gasteiger partial charge on any atom is 0.274 e. The Labute approximate surface area is 146 Å². The van der Waals surface area contributed by atoms with Crippen molar-refractivity contribution in [2.24, 2.45) is 0 Å². The first kappa shape index (κ1) is 16.1. The maximum absolute atomic E-state index is 12.9. The topological polar surface area (TPSA) is 54.0 Å². The van der Waals surface area contributed by atoms with Crippen LogP contribution in [0.25, 0.3) is 0 Å². The first-order chi connectivity index (χ1) is 11.6. The van der Waals surface area contributed by atoms with Gasteiger partial charge in [-0.15, -0.1) is 0 Å². The van der Waals surface area contributed by atoms with E-state index in [0.717, 1.165) is 15.8 Å². The lowest BCUT2D eigenvalue weighted by atomic mass is 10.2. The third kappa shape index (κ3) is 3.97. The highest BCUT2D eigenvalue weighted by Crippen LogP contribution is 2.25. The van der Waals surface area contributed by atoms with E-state index in [0.29, 0.717) is 5.69 Å². The standard InChI is InChI=1S/C18H13BrFN3O/c19-15-3-1-2-4-16(15)22-14-9-10-17(21-11-14)18(24)23-13-7-5-12(20)6-8-13/h1-11,22H,(H,23,24). The molecule has 1 aromatic heterocycles. The van der Waals surface area contributed by atoms with Gasteiger partial charge in [-0.3, -0.25) is 4.79 Å². The second-order valence-electron chi connectivity index (χ2n) is 5.00. The molecule has 0 saturated heterocycles. The van der Waals surface area contributed by atoms with Crippen molar-refractivity contribution >= 4 is 38.9 Å². The van der Waals surface area contributed by atoms with Crippen LogP contribution in [-0.4, -0.2) is 10.9 Å². The van der Waals surface area contributed by atoms with Gasteiger partial charge >= 0.3 is 0 Å². The van der Waals surface area contributed by atoms with Gasteiger partial charge in [-0.25, -0.2) is 9.37 Å². The summed E-state index contributed by atoms with van der Waals surface area (Å²) in [5.74, 6) is -0.706. The summed E-state index contributed by atoms with van der Waals surface area (Å²) in [6.45, 7) is 0. The van der Waals surface area contributed by atoms with Crippen LogP contribution < -0.4 is 10.6 Å². The number of halogens is 2. The van der Waals surface area contributed by atoms with Gasteiger partial charge in [0, 0.05) is 10.2 Å². The highest BCUT2D eigenvalue weighted by Gasteiger charge is 2.08. The Bertz CT molecular complexity index is 851. The number of hydrogen-bond donors (Lipinski definition) is 2. The summed E-state index contributed by atoms with van der Waals surface area (Å²) < 4.78 is 13.8. The van der Waals surface area contributed by atoms with Gasteiger partial charge < -0.3 is 10.6 Å². The quantitative estimate of drug-likeness (QED) is 0.665. The van der Waals surface area contributed by atoms with E-state index in [9.17, 15) is 9.18 Å². The number of anilines is 3. The van der Waals surface area contributed by atoms with Crippen molar-refractivity contribution in [3.05, 3.63) is 82.8 Å². The lowest BCUT2D eigenvalue weighted by molar-refractivity contribution is 0.102. The normalized spacial score (nSPS) is 10.2. The SMILES string of the molecule is O=C(Nc1ccc(F)cc1)c1ccc(Nc2ccccc2Br)cn1. The van der Waals surface area contributed by atoms with Crippen molar-refractivity contribution in [2.45, 2.75) is 0 Å². The van der Waals surface area contributed by atoms with Crippen LogP contribution in [0.15, 0.2) is 71.3 Å². The van der Waals surface area contributed by atoms with Crippen molar-refractivity contribution in [1.29, 1.82) is 0 Å². The molecule has 0 aliphatic rings. The molecular weight excluding hydrogens is 373 g/mol. The summed E-state index contributed by atoms with van der Waals surface area (Å²) in [6.07, 6.45) is 1.58. The molecule has 0 aliphatic heterocycles. The van der Waals surface area contributed by atoms with Gasteiger partial charge in [-0.2, -0.15) is 0 Å². The Morgan fingerprint density at radius 1 is 0.958 bits per heavy atom. The number of rotatable bonds is 4. The fourth-order valence-corrected chi connectivity index (χ4v) is 2.43. The van der Waals surface area contributed by atoms with E-state index in [1.54, 1.807) is 18.3 Å². The van der Waals surface area contributed by atoms with Crippen molar-refractivity contribution in [2.75, 3.05) is 10.6 Å². The highest BCUT2D eigenvalue weighted by molar-refractivity contribution is 9.10. The molecule has 0 atom stereocenters. The summed E-state index contributed by atoms with van der Waals surface area (Å²) in [5.41, 5.74) is 2.46. The second kappa shape index (κ2) is 7.23. The van der Waals surface area contributed by atoms with Crippen LogP contribution in [-0.2, 0) is 0 Å². The van der Waals surface area contributed by atoms with E-state index in [4.69, 9.17) is 0 Å². The monoisotopic (exact) mass is 385 g/mol. The third-order valence-electron chi connectivity index (χ3n) is 3.25. The number of para-hydroxylation sites is 1. The van der Waals surface area contributed by atoms with Crippen LogP contribution >= 0.6 is 15.9 Å². The lowest BCUT2D eigenvalue weighted by Gasteiger charge is -2.09. The number of aromatic nitrogens is 1. The average Bonchev–Trinajstić information content (AvgIpc) is 2.59. The molecule has 4 nitrogen and oxygen atoms in total. The van der Waals surface area contributed by atoms with E-state index in [1.807, 2.05) is 24.3 Å². The van der Waals surface area contributed by atoms with Crippen LogP contribution in [0, 0.1) is 5.82 Å². The largest absolute Gasteiger partial charge is 0.353 e. The Morgan fingerprint density at radius 2 is 1.67 bits per heavy atom. The Balaban J connectivity index is 1.68. The Hall–Kier alpha value is -2.73. The molecule has 2 aromatic carbocycles. The summed E-state index contributed by atoms with van der Waals surface area (Å²) >= 11 is 3.46. The molecule has 3 rings (SSSR count). The molecule has 0 unspecified atom stereocenters. The van der Waals surface area contributed by atoms with E-state index in [1.165, 1.54) is 24.3 Å². The molecule has 120 valence electrons. The first-order valence-corrected chi connectivity index (χ1v) is 7.95. The van der Waals surface area contributed by atoms with Crippen molar-refractivity contribution in [3.63, 3.8) is 0 Å². The zero-order valence-corrected chi connectivity index (χ0v) is 14.0. The van der Waals surface area contributed by atoms with Crippen molar-refractivity contribution in [3.8, 4) is 0 Å². The Morgan fingerprint density at radius 3 is 2.33 bits per heavy atom. The lowest BCUT2D eigenvalue weighted by Crippen LogP contribution is -2.13. The summed E-state index contributed by atoms with van der Waals surface area (Å²) in [5, 5.41) is 5.88. The summed E-state index contributed by atoms with van der Waals surface area (Å²) in [4.78, 5) is 16.3. The van der Waals surface area contributed by atoms with Crippen molar-refractivity contribution in [1.82, 2.24) is 4.98 Å². The van der Waals surface area contributed by atoms with Gasteiger partial charge in [-0.1, -0.05) is 12.1 Å². The molecule has 0 bridgehead atoms. The molecule has 24 heavy (non-hydrogen) atoms. The molecule has 2 N–H and O–H groups in total. The minimum Gasteiger partial charge on any atom is -0.353 e. The van der Waals surface area contributed by atoms with E-state index in [-0.39, 0.29) is 17.4 Å². The molecule has 0 fully saturated rings. The predicted molar refractivity (Wildman–Crippen MR) is 96.0 cm³/mol. The molecule has 1 heterocycles. The minimum atomic E-state index is -0.353. The second-order valence-corrected chi connectivity index (χ2v) is 5.85. The number of nitrogens with one attached hydrogen (secondary N) is 2. The molecule has 1 amide bonds. The van der Waals surface area contributed by atoms with Crippen LogP contribution in [0.1, 0.15) is 10.5 Å². The van der Waals surface area contributed by atoms with Gasteiger partial charge in [0.2, 0.25) is 0 Å². The molecule has 0 saturated carbocycles. The van der Waals surface area contributed by atoms with Crippen LogP contribution in [0.3, 0.4) is 0 Å². The van der Waals surface area contributed by atoms with Gasteiger partial charge in [0.15, 0.2) is 0 Å². The number of nitrogens with zero attached hydrogens (tertiary/aromatic N) is 1. The molecule has 0 radical (unpaired) electrons. The fraction of sp³-hybridized carbons (Fsp3) is 0. The molecule has 6 heteroatoms. The van der Waals surface area contributed by atoms with E-state index < -0.39 is 0 Å². The van der Waals surface area contributed by atoms with Crippen LogP contribution in [0.4, 0.5) is 21.5 Å². The summed E-state index contributed by atoms with van der Waals surface area (Å²) in [7, 11) is 0. The molecule has 3 aromatic rings. The highest BCUT2D eigenvalue weighted by atomic mass is 79.9. The number of pyridine rings is 1. The predicted octanol–water partition coefficient (Wildman–Crippen LogP) is 4.98. The van der Waals surface area contributed by atoms with Crippen molar-refractivity contribution < 1.29 is 9.18 Å². The van der Waals surface area contributed by atoms with Gasteiger partial charge in [-0.05, 0) is 64.5 Å². The Kier molecular flexibility index (Phi) is 4.86. The van der Waals surface area contributed by atoms with Gasteiger partial charge in [0.25, 0.3) is 5.91 Å². The molecule has 0 spiro atoms.